The van der Waals surface area contributed by atoms with Crippen LogP contribution in [-0.4, -0.2) is 29.3 Å². The second-order valence-electron chi connectivity index (χ2n) is 7.27. The van der Waals surface area contributed by atoms with Gasteiger partial charge in [0.15, 0.2) is 17.5 Å². The average molecular weight is 457 g/mol. The number of nitrogens with one attached hydrogen (secondary N) is 1. The molecule has 0 atom stereocenters. The lowest BCUT2D eigenvalue weighted by Gasteiger charge is -2.09. The molecule has 4 aromatic rings. The lowest BCUT2D eigenvalue weighted by atomic mass is 9.98. The Morgan fingerprint density at radius 1 is 0.879 bits per heavy atom. The summed E-state index contributed by atoms with van der Waals surface area (Å²) in [6.45, 7) is 1.44. The Bertz CT molecular complexity index is 1300. The van der Waals surface area contributed by atoms with Crippen molar-refractivity contribution in [3.8, 4) is 11.3 Å². The first-order valence-electron chi connectivity index (χ1n) is 10.2. The van der Waals surface area contributed by atoms with Gasteiger partial charge < -0.3 is 4.74 Å². The fourth-order valence-corrected chi connectivity index (χ4v) is 3.89. The van der Waals surface area contributed by atoms with Crippen molar-refractivity contribution in [1.82, 2.24) is 4.98 Å². The van der Waals surface area contributed by atoms with E-state index in [0.29, 0.717) is 10.7 Å². The van der Waals surface area contributed by atoms with E-state index in [1.54, 1.807) is 30.3 Å². The Kier molecular flexibility index (Phi) is 6.71. The molecule has 0 bridgehead atoms. The van der Waals surface area contributed by atoms with Gasteiger partial charge >= 0.3 is 5.97 Å². The smallest absolute Gasteiger partial charge is 0.339 e. The molecule has 1 aromatic heterocycles. The van der Waals surface area contributed by atoms with E-state index < -0.39 is 18.5 Å². The Morgan fingerprint density at radius 3 is 2.27 bits per heavy atom. The van der Waals surface area contributed by atoms with E-state index in [4.69, 9.17) is 4.74 Å². The topological polar surface area (TPSA) is 85.4 Å². The summed E-state index contributed by atoms with van der Waals surface area (Å²) in [5.74, 6) is -1.55. The van der Waals surface area contributed by atoms with Crippen LogP contribution in [0.5, 0.6) is 0 Å². The number of amides is 1. The number of carbonyl (C=O) groups is 3. The molecule has 0 aliphatic carbocycles. The summed E-state index contributed by atoms with van der Waals surface area (Å²) in [6.07, 6.45) is 0. The van der Waals surface area contributed by atoms with Gasteiger partial charge in [-0.2, -0.15) is 0 Å². The van der Waals surface area contributed by atoms with Crippen LogP contribution in [-0.2, 0) is 9.53 Å². The van der Waals surface area contributed by atoms with Gasteiger partial charge in [-0.25, -0.2) is 9.78 Å². The lowest BCUT2D eigenvalue weighted by molar-refractivity contribution is -0.119. The van der Waals surface area contributed by atoms with Crippen molar-refractivity contribution in [1.29, 1.82) is 0 Å². The van der Waals surface area contributed by atoms with E-state index in [0.717, 1.165) is 16.8 Å². The van der Waals surface area contributed by atoms with Crippen LogP contribution in [0.3, 0.4) is 0 Å². The maximum atomic E-state index is 12.9. The molecule has 0 spiro atoms. The second kappa shape index (κ2) is 10.0. The SMILES string of the molecule is Cc1ccc(C(=O)c2ccccc2C(=O)OCC(=O)Nc2nc(-c3ccccc3)cs2)cc1. The molecule has 0 aliphatic rings. The van der Waals surface area contributed by atoms with Gasteiger partial charge in [0.25, 0.3) is 5.91 Å². The molecule has 6 nitrogen and oxygen atoms in total. The van der Waals surface area contributed by atoms with Gasteiger partial charge in [-0.05, 0) is 13.0 Å². The van der Waals surface area contributed by atoms with Crippen molar-refractivity contribution in [3.05, 3.63) is 106 Å². The summed E-state index contributed by atoms with van der Waals surface area (Å²) in [5.41, 5.74) is 3.51. The number of carbonyl (C=O) groups excluding carboxylic acids is 3. The van der Waals surface area contributed by atoms with Crippen LogP contribution in [0.2, 0.25) is 0 Å². The molecular formula is C26H20N2O4S. The molecule has 1 amide bonds. The predicted octanol–water partition coefficient (Wildman–Crippen LogP) is 5.15. The zero-order valence-corrected chi connectivity index (χ0v) is 18.6. The molecular weight excluding hydrogens is 436 g/mol. The number of anilines is 1. The number of thiazole rings is 1. The predicted molar refractivity (Wildman–Crippen MR) is 128 cm³/mol. The van der Waals surface area contributed by atoms with Crippen molar-refractivity contribution in [3.63, 3.8) is 0 Å². The van der Waals surface area contributed by atoms with Crippen molar-refractivity contribution in [2.24, 2.45) is 0 Å². The molecule has 0 fully saturated rings. The number of aryl methyl sites for hydroxylation is 1. The number of ether oxygens (including phenoxy) is 1. The van der Waals surface area contributed by atoms with Gasteiger partial charge in [-0.3, -0.25) is 14.9 Å². The molecule has 3 aromatic carbocycles. The molecule has 0 saturated heterocycles. The zero-order valence-electron chi connectivity index (χ0n) is 17.8. The van der Waals surface area contributed by atoms with Gasteiger partial charge in [0.1, 0.15) is 0 Å². The first kappa shape index (κ1) is 22.1. The van der Waals surface area contributed by atoms with Crippen LogP contribution >= 0.6 is 11.3 Å². The van der Waals surface area contributed by atoms with Crippen molar-refractivity contribution < 1.29 is 19.1 Å². The summed E-state index contributed by atoms with van der Waals surface area (Å²) in [6, 6.07) is 23.1. The van der Waals surface area contributed by atoms with Crippen LogP contribution < -0.4 is 5.32 Å². The van der Waals surface area contributed by atoms with Crippen molar-refractivity contribution in [2.75, 3.05) is 11.9 Å². The monoisotopic (exact) mass is 456 g/mol. The van der Waals surface area contributed by atoms with Crippen LogP contribution in [0, 0.1) is 6.92 Å². The average Bonchev–Trinajstić information content (AvgIpc) is 3.31. The van der Waals surface area contributed by atoms with Crippen LogP contribution in [0.1, 0.15) is 31.8 Å². The fraction of sp³-hybridized carbons (Fsp3) is 0.0769. The summed E-state index contributed by atoms with van der Waals surface area (Å²) in [7, 11) is 0. The third kappa shape index (κ3) is 5.39. The standard InChI is InChI=1S/C26H20N2O4S/c1-17-11-13-19(14-12-17)24(30)20-9-5-6-10-21(20)25(31)32-15-23(29)28-26-27-22(16-33-26)18-7-3-2-4-8-18/h2-14,16H,15H2,1H3,(H,27,28,29). The van der Waals surface area contributed by atoms with Gasteiger partial charge in [0.05, 0.1) is 11.3 Å². The third-order valence-corrected chi connectivity index (χ3v) is 5.62. The largest absolute Gasteiger partial charge is 0.452 e. The van der Waals surface area contributed by atoms with Gasteiger partial charge in [0.2, 0.25) is 0 Å². The molecule has 164 valence electrons. The number of nitrogens with zero attached hydrogens (tertiary/aromatic N) is 1. The molecule has 7 heteroatoms. The molecule has 4 rings (SSSR count). The number of hydrogen-bond acceptors (Lipinski definition) is 6. The van der Waals surface area contributed by atoms with E-state index in [-0.39, 0.29) is 16.9 Å². The quantitative estimate of drug-likeness (QED) is 0.307. The highest BCUT2D eigenvalue weighted by Crippen LogP contribution is 2.24. The Balaban J connectivity index is 1.39. The number of ketones is 1. The Hall–Kier alpha value is -4.10. The molecule has 33 heavy (non-hydrogen) atoms. The van der Waals surface area contributed by atoms with Gasteiger partial charge in [-0.15, -0.1) is 11.3 Å². The summed E-state index contributed by atoms with van der Waals surface area (Å²) in [4.78, 5) is 42.2. The van der Waals surface area contributed by atoms with Crippen molar-refractivity contribution in [2.45, 2.75) is 6.92 Å². The summed E-state index contributed by atoms with van der Waals surface area (Å²) >= 11 is 1.28. The highest BCUT2D eigenvalue weighted by Gasteiger charge is 2.20. The molecule has 0 aliphatic heterocycles. The number of aromatic nitrogens is 1. The van der Waals surface area contributed by atoms with E-state index in [9.17, 15) is 14.4 Å². The number of esters is 1. The number of benzene rings is 3. The summed E-state index contributed by atoms with van der Waals surface area (Å²) < 4.78 is 5.17. The van der Waals surface area contributed by atoms with Crippen LogP contribution in [0.15, 0.2) is 84.2 Å². The van der Waals surface area contributed by atoms with E-state index in [1.165, 1.54) is 17.4 Å². The second-order valence-corrected chi connectivity index (χ2v) is 8.13. The third-order valence-electron chi connectivity index (χ3n) is 4.86. The minimum atomic E-state index is -0.745. The molecule has 0 saturated carbocycles. The van der Waals surface area contributed by atoms with Gasteiger partial charge in [0, 0.05) is 22.1 Å². The van der Waals surface area contributed by atoms with Crippen LogP contribution in [0.4, 0.5) is 5.13 Å². The lowest BCUT2D eigenvalue weighted by Crippen LogP contribution is -2.22. The highest BCUT2D eigenvalue weighted by molar-refractivity contribution is 7.14. The zero-order chi connectivity index (χ0) is 23.2. The normalized spacial score (nSPS) is 10.5. The van der Waals surface area contributed by atoms with Crippen molar-refractivity contribution >= 4 is 34.1 Å². The Labute approximate surface area is 194 Å². The minimum absolute atomic E-state index is 0.108. The van der Waals surface area contributed by atoms with E-state index in [2.05, 4.69) is 10.3 Å². The molecule has 0 radical (unpaired) electrons. The highest BCUT2D eigenvalue weighted by atomic mass is 32.1. The number of rotatable bonds is 7. The van der Waals surface area contributed by atoms with E-state index >= 15 is 0 Å². The Morgan fingerprint density at radius 2 is 1.55 bits per heavy atom. The number of hydrogen-bond donors (Lipinski definition) is 1. The minimum Gasteiger partial charge on any atom is -0.452 e. The molecule has 0 unspecified atom stereocenters. The maximum Gasteiger partial charge on any atom is 0.339 e. The van der Waals surface area contributed by atoms with E-state index in [1.807, 2.05) is 54.8 Å². The maximum absolute atomic E-state index is 12.9. The first-order chi connectivity index (χ1) is 16.0. The molecule has 1 heterocycles. The fourth-order valence-electron chi connectivity index (χ4n) is 3.16. The first-order valence-corrected chi connectivity index (χ1v) is 11.1. The van der Waals surface area contributed by atoms with Gasteiger partial charge in [-0.1, -0.05) is 78.4 Å². The molecule has 1 N–H and O–H groups in total. The summed E-state index contributed by atoms with van der Waals surface area (Å²) in [5, 5.41) is 4.88. The van der Waals surface area contributed by atoms with Crippen LogP contribution in [0.25, 0.3) is 11.3 Å².